The summed E-state index contributed by atoms with van der Waals surface area (Å²) in [5.74, 6) is -3.91. The molecule has 5 N–H and O–H groups in total. The Labute approximate surface area is 195 Å². The van der Waals surface area contributed by atoms with Crippen LogP contribution in [-0.4, -0.2) is 68.2 Å². The molecule has 0 saturated heterocycles. The molecule has 2 aromatic carbocycles. The molecule has 0 spiro atoms. The minimum absolute atomic E-state index is 0.0131. The van der Waals surface area contributed by atoms with Crippen LogP contribution in [-0.2, 0) is 20.7 Å². The number of nitrogens with zero attached hydrogens (tertiary/aromatic N) is 3. The van der Waals surface area contributed by atoms with Gasteiger partial charge in [-0.1, -0.05) is 42.5 Å². The van der Waals surface area contributed by atoms with E-state index in [-0.39, 0.29) is 29.4 Å². The number of aromatic hydroxyl groups is 1. The number of carboxylic acid groups (broad SMARTS) is 1. The first-order valence-corrected chi connectivity index (χ1v) is 10.6. The number of carboxylic acids is 1. The van der Waals surface area contributed by atoms with Gasteiger partial charge in [-0.3, -0.25) is 14.5 Å². The molecule has 0 radical (unpaired) electrons. The van der Waals surface area contributed by atoms with Gasteiger partial charge in [0.05, 0.1) is 6.04 Å². The van der Waals surface area contributed by atoms with Gasteiger partial charge in [-0.2, -0.15) is 0 Å². The average molecular weight is 464 g/mol. The maximum atomic E-state index is 13.0. The van der Waals surface area contributed by atoms with Crippen LogP contribution in [0.25, 0.3) is 6.08 Å². The van der Waals surface area contributed by atoms with Gasteiger partial charge in [0, 0.05) is 0 Å². The highest BCUT2D eigenvalue weighted by Gasteiger charge is 2.47. The third-order valence-electron chi connectivity index (χ3n) is 5.46. The molecule has 2 aromatic rings. The molecule has 10 nitrogen and oxygen atoms in total. The number of carbonyl (C=O) groups excluding carboxylic acids is 1. The molecule has 0 bridgehead atoms. The number of amidine groups is 1. The van der Waals surface area contributed by atoms with Gasteiger partial charge in [0.1, 0.15) is 29.8 Å². The average Bonchev–Trinajstić information content (AvgIpc) is 3.27. The molecule has 0 aromatic heterocycles. The normalized spacial score (nSPS) is 24.3. The van der Waals surface area contributed by atoms with Crippen LogP contribution in [0.4, 0.5) is 0 Å². The van der Waals surface area contributed by atoms with Crippen molar-refractivity contribution in [3.8, 4) is 5.75 Å². The summed E-state index contributed by atoms with van der Waals surface area (Å²) in [4.78, 5) is 34.0. The summed E-state index contributed by atoms with van der Waals surface area (Å²) in [7, 11) is 0. The Morgan fingerprint density at radius 3 is 2.56 bits per heavy atom. The van der Waals surface area contributed by atoms with E-state index in [1.165, 1.54) is 18.2 Å². The molecule has 34 heavy (non-hydrogen) atoms. The molecule has 3 atom stereocenters. The Hall–Kier alpha value is -3.86. The Balaban J connectivity index is 1.67. The molecule has 0 aliphatic carbocycles. The van der Waals surface area contributed by atoms with Gasteiger partial charge < -0.3 is 25.8 Å². The highest BCUT2D eigenvalue weighted by molar-refractivity contribution is 6.48. The van der Waals surface area contributed by atoms with E-state index < -0.39 is 36.5 Å². The highest BCUT2D eigenvalue weighted by Crippen LogP contribution is 2.29. The lowest BCUT2D eigenvalue weighted by Crippen LogP contribution is -2.48. The first kappa shape index (κ1) is 23.3. The van der Waals surface area contributed by atoms with Crippen LogP contribution in [0.2, 0.25) is 0 Å². The maximum absolute atomic E-state index is 13.0. The topological polar surface area (TPSA) is 158 Å². The molecular weight excluding hydrogens is 440 g/mol. The summed E-state index contributed by atoms with van der Waals surface area (Å²) in [6.07, 6.45) is 0.942. The predicted molar refractivity (Wildman–Crippen MR) is 124 cm³/mol. The fraction of sp³-hybridized carbons (Fsp3) is 0.250. The molecule has 0 fully saturated rings. The Kier molecular flexibility index (Phi) is 6.29. The zero-order valence-electron chi connectivity index (χ0n) is 18.3. The van der Waals surface area contributed by atoms with E-state index in [1.54, 1.807) is 19.1 Å². The zero-order chi connectivity index (χ0) is 24.5. The van der Waals surface area contributed by atoms with Crippen molar-refractivity contribution in [2.24, 2.45) is 15.7 Å². The van der Waals surface area contributed by atoms with Gasteiger partial charge in [-0.05, 0) is 42.7 Å². The summed E-state index contributed by atoms with van der Waals surface area (Å²) < 4.78 is 5.68. The molecule has 10 heteroatoms. The van der Waals surface area contributed by atoms with Gasteiger partial charge >= 0.3 is 5.97 Å². The number of phenols is 1. The van der Waals surface area contributed by atoms with Crippen molar-refractivity contribution in [3.63, 3.8) is 0 Å². The van der Waals surface area contributed by atoms with Gasteiger partial charge in [0.2, 0.25) is 0 Å². The van der Waals surface area contributed by atoms with Crippen molar-refractivity contribution >= 4 is 29.5 Å². The van der Waals surface area contributed by atoms with Crippen LogP contribution in [0.3, 0.4) is 0 Å². The van der Waals surface area contributed by atoms with Crippen LogP contribution in [0, 0.1) is 0 Å². The number of nitrogens with two attached hydrogens (primary N) is 1. The largest absolute Gasteiger partial charge is 0.508 e. The Morgan fingerprint density at radius 2 is 1.91 bits per heavy atom. The Bertz CT molecular complexity index is 1190. The number of phenolic OH excluding ortho intramolecular Hbond substituents is 1. The second kappa shape index (κ2) is 9.18. The smallest absolute Gasteiger partial charge is 0.323 e. The van der Waals surface area contributed by atoms with Gasteiger partial charge in [-0.15, -0.1) is 0 Å². The van der Waals surface area contributed by atoms with Crippen molar-refractivity contribution in [2.45, 2.75) is 31.4 Å². The van der Waals surface area contributed by atoms with E-state index in [2.05, 4.69) is 9.98 Å². The molecule has 2 aliphatic heterocycles. The lowest BCUT2D eigenvalue weighted by atomic mass is 10.0. The summed E-state index contributed by atoms with van der Waals surface area (Å²) >= 11 is 0. The van der Waals surface area contributed by atoms with Crippen molar-refractivity contribution < 1.29 is 29.6 Å². The number of rotatable bonds is 7. The molecule has 176 valence electrons. The van der Waals surface area contributed by atoms with Crippen LogP contribution in [0.5, 0.6) is 5.75 Å². The Morgan fingerprint density at radius 1 is 1.24 bits per heavy atom. The number of aliphatic imine (C=N–C) groups is 2. The molecule has 4 rings (SSSR count). The van der Waals surface area contributed by atoms with Crippen LogP contribution >= 0.6 is 0 Å². The summed E-state index contributed by atoms with van der Waals surface area (Å²) in [5, 5.41) is 29.8. The lowest BCUT2D eigenvalue weighted by molar-refractivity contribution is -0.205. The quantitative estimate of drug-likeness (QED) is 0.447. The van der Waals surface area contributed by atoms with E-state index in [0.29, 0.717) is 5.56 Å². The number of aliphatic carboxylic acids is 1. The zero-order valence-corrected chi connectivity index (χ0v) is 18.3. The third kappa shape index (κ3) is 4.74. The lowest BCUT2D eigenvalue weighted by Gasteiger charge is -2.26. The van der Waals surface area contributed by atoms with E-state index >= 15 is 0 Å². The minimum Gasteiger partial charge on any atom is -0.508 e. The predicted octanol–water partition coefficient (Wildman–Crippen LogP) is 1.13. The monoisotopic (exact) mass is 464 g/mol. The van der Waals surface area contributed by atoms with Crippen molar-refractivity contribution in [1.82, 2.24) is 4.90 Å². The van der Waals surface area contributed by atoms with Crippen molar-refractivity contribution in [2.75, 3.05) is 6.54 Å². The molecule has 0 unspecified atom stereocenters. The standard InChI is InChI=1S/C24H24N4O6/c1-14-21(27-24(33,34-14)19(25)12-15-5-3-2-4-6-15)22-26-18(23(32)28(22)13-20(30)31)11-16-7-9-17(29)10-8-16/h2-11,14,19,29,33H,12-13,25H2,1H3,(H,30,31)/b18-11-/t14-,19+,24-/m1/s1. The minimum atomic E-state index is -2.07. The summed E-state index contributed by atoms with van der Waals surface area (Å²) in [6.45, 7) is 0.963. The van der Waals surface area contributed by atoms with Crippen molar-refractivity contribution in [3.05, 3.63) is 71.4 Å². The number of benzene rings is 2. The molecule has 2 aliphatic rings. The van der Waals surface area contributed by atoms with Crippen molar-refractivity contribution in [1.29, 1.82) is 0 Å². The summed E-state index contributed by atoms with van der Waals surface area (Å²) in [5.41, 5.74) is 7.79. The van der Waals surface area contributed by atoms with Gasteiger partial charge in [-0.25, -0.2) is 9.98 Å². The second-order valence-electron chi connectivity index (χ2n) is 8.05. The number of aliphatic hydroxyl groups is 1. The summed E-state index contributed by atoms with van der Waals surface area (Å²) in [6, 6.07) is 14.5. The number of hydrogen-bond donors (Lipinski definition) is 4. The van der Waals surface area contributed by atoms with Crippen LogP contribution in [0.1, 0.15) is 18.1 Å². The fourth-order valence-corrected chi connectivity index (χ4v) is 3.77. The highest BCUT2D eigenvalue weighted by atomic mass is 16.7. The van der Waals surface area contributed by atoms with Gasteiger partial charge in [0.15, 0.2) is 5.84 Å². The first-order valence-electron chi connectivity index (χ1n) is 10.6. The molecule has 0 saturated carbocycles. The molecule has 2 heterocycles. The van der Waals surface area contributed by atoms with Crippen LogP contribution in [0.15, 0.2) is 70.3 Å². The van der Waals surface area contributed by atoms with E-state index in [1.807, 2.05) is 30.3 Å². The van der Waals surface area contributed by atoms with Gasteiger partial charge in [0.25, 0.3) is 11.8 Å². The maximum Gasteiger partial charge on any atom is 0.323 e. The number of hydrogen-bond acceptors (Lipinski definition) is 8. The number of carbonyl (C=O) groups is 2. The van der Waals surface area contributed by atoms with E-state index in [4.69, 9.17) is 10.5 Å². The van der Waals surface area contributed by atoms with Crippen LogP contribution < -0.4 is 5.73 Å². The van der Waals surface area contributed by atoms with E-state index in [0.717, 1.165) is 10.5 Å². The van der Waals surface area contributed by atoms with E-state index in [9.17, 15) is 24.9 Å². The molecule has 1 amide bonds. The fourth-order valence-electron chi connectivity index (χ4n) is 3.77. The number of amides is 1. The third-order valence-corrected chi connectivity index (χ3v) is 5.46. The first-order chi connectivity index (χ1) is 16.2. The SMILES string of the molecule is C[C@H]1O[C@](O)([C@@H](N)Cc2ccccc2)N=C1C1=N/C(=C\c2ccc(O)cc2)C(=O)N1CC(=O)O. The number of ether oxygens (including phenoxy) is 1. The molecular formula is C24H24N4O6. The second-order valence-corrected chi connectivity index (χ2v) is 8.05.